The number of halogens is 1. The fourth-order valence-corrected chi connectivity index (χ4v) is 5.55. The predicted octanol–water partition coefficient (Wildman–Crippen LogP) is 4.34. The summed E-state index contributed by atoms with van der Waals surface area (Å²) >= 11 is 7.46. The molecule has 1 fully saturated rings. The van der Waals surface area contributed by atoms with Gasteiger partial charge in [0.2, 0.25) is 5.91 Å². The molecule has 1 aliphatic heterocycles. The third kappa shape index (κ3) is 5.90. The molecule has 0 unspecified atom stereocenters. The van der Waals surface area contributed by atoms with Crippen molar-refractivity contribution in [3.63, 3.8) is 0 Å². The number of thioether (sulfide) groups is 1. The number of carbonyl (C=O) groups excluding carboxylic acids is 1. The molecule has 0 radical (unpaired) electrons. The van der Waals surface area contributed by atoms with E-state index in [-0.39, 0.29) is 17.2 Å². The SMILES string of the molecule is CCc1nc(SCC(=O)N2CCN(c3ccccc3C)CC2)n(C)c(=O)c1Cc1cccc(Cl)c1. The zero-order valence-corrected chi connectivity index (χ0v) is 22.0. The van der Waals surface area contributed by atoms with Crippen LogP contribution in [0.4, 0.5) is 5.69 Å². The number of para-hydroxylation sites is 1. The molecule has 184 valence electrons. The highest BCUT2D eigenvalue weighted by molar-refractivity contribution is 7.99. The Bertz CT molecular complexity index is 1270. The molecule has 3 aromatic rings. The van der Waals surface area contributed by atoms with Crippen LogP contribution in [-0.4, -0.2) is 52.3 Å². The van der Waals surface area contributed by atoms with Gasteiger partial charge in [0.05, 0.1) is 11.4 Å². The third-order valence-electron chi connectivity index (χ3n) is 6.45. The van der Waals surface area contributed by atoms with Crippen molar-refractivity contribution in [2.75, 3.05) is 36.8 Å². The summed E-state index contributed by atoms with van der Waals surface area (Å²) in [6.45, 7) is 7.13. The summed E-state index contributed by atoms with van der Waals surface area (Å²) in [5.74, 6) is 0.344. The number of carbonyl (C=O) groups is 1. The molecule has 0 spiro atoms. The molecule has 1 aromatic heterocycles. The number of hydrogen-bond acceptors (Lipinski definition) is 5. The van der Waals surface area contributed by atoms with Gasteiger partial charge in [-0.2, -0.15) is 0 Å². The molecule has 0 N–H and O–H groups in total. The van der Waals surface area contributed by atoms with E-state index in [1.165, 1.54) is 23.0 Å². The Hall–Kier alpha value is -2.77. The van der Waals surface area contributed by atoms with E-state index in [0.717, 1.165) is 24.3 Å². The van der Waals surface area contributed by atoms with Crippen molar-refractivity contribution in [2.24, 2.45) is 7.05 Å². The lowest BCUT2D eigenvalue weighted by atomic mass is 10.0. The van der Waals surface area contributed by atoms with Crippen LogP contribution in [0.15, 0.2) is 58.5 Å². The molecule has 8 heteroatoms. The zero-order valence-electron chi connectivity index (χ0n) is 20.5. The van der Waals surface area contributed by atoms with E-state index in [1.807, 2.05) is 42.2 Å². The number of amides is 1. The van der Waals surface area contributed by atoms with Crippen molar-refractivity contribution < 1.29 is 4.79 Å². The Morgan fingerprint density at radius 2 is 1.83 bits per heavy atom. The van der Waals surface area contributed by atoms with E-state index < -0.39 is 0 Å². The average molecular weight is 511 g/mol. The maximum atomic E-state index is 13.2. The third-order valence-corrected chi connectivity index (χ3v) is 7.70. The standard InChI is InChI=1S/C27H31ClN4O2S/c1-4-23-22(17-20-9-7-10-21(28)16-20)26(34)30(3)27(29-23)35-18-25(33)32-14-12-31(13-15-32)24-11-6-5-8-19(24)2/h5-11,16H,4,12-15,17-18H2,1-3H3. The lowest BCUT2D eigenvalue weighted by Gasteiger charge is -2.36. The zero-order chi connectivity index (χ0) is 24.9. The van der Waals surface area contributed by atoms with Crippen molar-refractivity contribution in [3.05, 3.63) is 86.3 Å². The summed E-state index contributed by atoms with van der Waals surface area (Å²) in [6.07, 6.45) is 1.13. The molecule has 6 nitrogen and oxygen atoms in total. The Kier molecular flexibility index (Phi) is 8.19. The summed E-state index contributed by atoms with van der Waals surface area (Å²) in [5, 5.41) is 1.23. The van der Waals surface area contributed by atoms with Crippen LogP contribution in [-0.2, 0) is 24.7 Å². The molecule has 0 saturated carbocycles. The van der Waals surface area contributed by atoms with E-state index in [0.29, 0.717) is 41.7 Å². The highest BCUT2D eigenvalue weighted by Gasteiger charge is 2.23. The molecule has 1 aliphatic rings. The average Bonchev–Trinajstić information content (AvgIpc) is 2.87. The normalized spacial score (nSPS) is 13.8. The van der Waals surface area contributed by atoms with Crippen LogP contribution >= 0.6 is 23.4 Å². The first-order valence-electron chi connectivity index (χ1n) is 11.9. The first-order valence-corrected chi connectivity index (χ1v) is 13.3. The van der Waals surface area contributed by atoms with Crippen molar-refractivity contribution >= 4 is 35.0 Å². The van der Waals surface area contributed by atoms with Gasteiger partial charge >= 0.3 is 0 Å². The minimum atomic E-state index is -0.0707. The number of aromatic nitrogens is 2. The van der Waals surface area contributed by atoms with E-state index in [1.54, 1.807) is 11.6 Å². The number of nitrogens with zero attached hydrogens (tertiary/aromatic N) is 4. The van der Waals surface area contributed by atoms with E-state index in [2.05, 4.69) is 30.0 Å². The summed E-state index contributed by atoms with van der Waals surface area (Å²) in [5.41, 5.74) is 4.85. The Morgan fingerprint density at radius 3 is 2.51 bits per heavy atom. The second-order valence-electron chi connectivity index (χ2n) is 8.79. The summed E-state index contributed by atoms with van der Waals surface area (Å²) in [7, 11) is 1.73. The monoisotopic (exact) mass is 510 g/mol. The van der Waals surface area contributed by atoms with Crippen LogP contribution in [0.1, 0.15) is 29.3 Å². The molecule has 0 aliphatic carbocycles. The number of aryl methyl sites for hydroxylation is 2. The molecular weight excluding hydrogens is 480 g/mol. The van der Waals surface area contributed by atoms with Crippen LogP contribution < -0.4 is 10.5 Å². The van der Waals surface area contributed by atoms with Gasteiger partial charge in [0.15, 0.2) is 5.16 Å². The van der Waals surface area contributed by atoms with Gasteiger partial charge in [0.25, 0.3) is 5.56 Å². The second kappa shape index (κ2) is 11.3. The Morgan fingerprint density at radius 1 is 1.09 bits per heavy atom. The van der Waals surface area contributed by atoms with Crippen LogP contribution in [0.2, 0.25) is 5.02 Å². The van der Waals surface area contributed by atoms with Gasteiger partial charge in [0, 0.05) is 55.9 Å². The molecule has 0 bridgehead atoms. The smallest absolute Gasteiger partial charge is 0.257 e. The highest BCUT2D eigenvalue weighted by Crippen LogP contribution is 2.22. The van der Waals surface area contributed by atoms with Gasteiger partial charge in [-0.05, 0) is 42.7 Å². The highest BCUT2D eigenvalue weighted by atomic mass is 35.5. The summed E-state index contributed by atoms with van der Waals surface area (Å²) in [4.78, 5) is 35.1. The van der Waals surface area contributed by atoms with Crippen molar-refractivity contribution in [3.8, 4) is 0 Å². The largest absolute Gasteiger partial charge is 0.368 e. The number of benzene rings is 2. The quantitative estimate of drug-likeness (QED) is 0.349. The Labute approximate surface area is 215 Å². The fourth-order valence-electron chi connectivity index (χ4n) is 4.45. The van der Waals surface area contributed by atoms with Crippen LogP contribution in [0.5, 0.6) is 0 Å². The topological polar surface area (TPSA) is 58.4 Å². The molecule has 2 heterocycles. The fraction of sp³-hybridized carbons (Fsp3) is 0.370. The number of piperazine rings is 1. The van der Waals surface area contributed by atoms with Crippen LogP contribution in [0.25, 0.3) is 0 Å². The lowest BCUT2D eigenvalue weighted by Crippen LogP contribution is -2.49. The molecular formula is C27H31ClN4O2S. The van der Waals surface area contributed by atoms with Gasteiger partial charge in [-0.15, -0.1) is 0 Å². The minimum Gasteiger partial charge on any atom is -0.368 e. The van der Waals surface area contributed by atoms with Crippen molar-refractivity contribution in [1.29, 1.82) is 0 Å². The maximum Gasteiger partial charge on any atom is 0.257 e. The molecule has 1 saturated heterocycles. The number of hydrogen-bond donors (Lipinski definition) is 0. The minimum absolute atomic E-state index is 0.0707. The predicted molar refractivity (Wildman–Crippen MR) is 144 cm³/mol. The number of anilines is 1. The molecule has 2 aromatic carbocycles. The van der Waals surface area contributed by atoms with Gasteiger partial charge < -0.3 is 9.80 Å². The molecule has 0 atom stereocenters. The second-order valence-corrected chi connectivity index (χ2v) is 10.2. The van der Waals surface area contributed by atoms with Crippen molar-refractivity contribution in [1.82, 2.24) is 14.5 Å². The van der Waals surface area contributed by atoms with Gasteiger partial charge in [0.1, 0.15) is 0 Å². The van der Waals surface area contributed by atoms with Gasteiger partial charge in [-0.3, -0.25) is 14.2 Å². The maximum absolute atomic E-state index is 13.2. The van der Waals surface area contributed by atoms with E-state index in [4.69, 9.17) is 16.6 Å². The molecule has 1 amide bonds. The Balaban J connectivity index is 1.40. The molecule has 35 heavy (non-hydrogen) atoms. The summed E-state index contributed by atoms with van der Waals surface area (Å²) < 4.78 is 1.56. The number of rotatable bonds is 7. The van der Waals surface area contributed by atoms with E-state index >= 15 is 0 Å². The van der Waals surface area contributed by atoms with Crippen LogP contribution in [0.3, 0.4) is 0 Å². The van der Waals surface area contributed by atoms with Gasteiger partial charge in [-0.25, -0.2) is 4.98 Å². The molecule has 4 rings (SSSR count). The first-order chi connectivity index (χ1) is 16.9. The summed E-state index contributed by atoms with van der Waals surface area (Å²) in [6, 6.07) is 15.9. The lowest BCUT2D eigenvalue weighted by molar-refractivity contribution is -0.128. The van der Waals surface area contributed by atoms with Crippen molar-refractivity contribution in [2.45, 2.75) is 31.8 Å². The van der Waals surface area contributed by atoms with Gasteiger partial charge in [-0.1, -0.05) is 60.6 Å². The van der Waals surface area contributed by atoms with E-state index in [9.17, 15) is 9.59 Å². The first kappa shape index (κ1) is 25.3. The van der Waals surface area contributed by atoms with Crippen LogP contribution in [0, 0.1) is 6.92 Å².